The van der Waals surface area contributed by atoms with Crippen LogP contribution in [-0.4, -0.2) is 35.5 Å². The third-order valence-corrected chi connectivity index (χ3v) is 9.06. The van der Waals surface area contributed by atoms with E-state index in [1.807, 2.05) is 13.0 Å². The highest BCUT2D eigenvalue weighted by Crippen LogP contribution is 2.68. The molecule has 1 aliphatic heterocycles. The SMILES string of the molecule is C[C@H]1C[C@H]2[C@@H]3CCC4=CC(=O)C=C[C@]4(C)C3=CC[C@]2(C)[C@@]1(O)C1(C)OCCO1. The smallest absolute Gasteiger partial charge is 0.195 e. The Morgan fingerprint density at radius 1 is 1.18 bits per heavy atom. The van der Waals surface area contributed by atoms with Gasteiger partial charge < -0.3 is 14.6 Å². The van der Waals surface area contributed by atoms with Gasteiger partial charge in [-0.3, -0.25) is 4.79 Å². The molecule has 1 N–H and O–H groups in total. The summed E-state index contributed by atoms with van der Waals surface area (Å²) in [6.07, 6.45) is 11.9. The molecule has 5 rings (SSSR count). The summed E-state index contributed by atoms with van der Waals surface area (Å²) in [5, 5.41) is 12.1. The second kappa shape index (κ2) is 5.68. The maximum absolute atomic E-state index is 12.1. The van der Waals surface area contributed by atoms with Crippen molar-refractivity contribution >= 4 is 5.78 Å². The van der Waals surface area contributed by atoms with Crippen molar-refractivity contribution in [3.63, 3.8) is 0 Å². The molecule has 4 heteroatoms. The molecule has 4 aliphatic carbocycles. The highest BCUT2D eigenvalue weighted by molar-refractivity contribution is 6.01. The molecule has 6 atom stereocenters. The summed E-state index contributed by atoms with van der Waals surface area (Å²) >= 11 is 0. The van der Waals surface area contributed by atoms with Crippen LogP contribution in [0.1, 0.15) is 53.4 Å². The number of carbonyl (C=O) groups is 1. The van der Waals surface area contributed by atoms with Crippen LogP contribution in [0.5, 0.6) is 0 Å². The van der Waals surface area contributed by atoms with E-state index in [1.54, 1.807) is 6.08 Å². The van der Waals surface area contributed by atoms with Gasteiger partial charge in [0.2, 0.25) is 0 Å². The van der Waals surface area contributed by atoms with Crippen LogP contribution in [0.4, 0.5) is 0 Å². The van der Waals surface area contributed by atoms with E-state index in [-0.39, 0.29) is 22.5 Å². The van der Waals surface area contributed by atoms with Crippen molar-refractivity contribution < 1.29 is 19.4 Å². The van der Waals surface area contributed by atoms with Crippen molar-refractivity contribution in [1.82, 2.24) is 0 Å². The molecule has 3 fully saturated rings. The predicted octanol–water partition coefficient (Wildman–Crippen LogP) is 3.95. The molecule has 28 heavy (non-hydrogen) atoms. The standard InChI is InChI=1S/C24H32O4/c1-15-13-20-18-6-5-16-14-17(25)7-9-21(16,2)19(18)8-10-22(20,3)24(15,26)23(4)27-11-12-28-23/h7-9,14-15,18,20,26H,5-6,10-13H2,1-4H3/t15-,18+,20-,21-,22-,24+/m0/s1. The number of ether oxygens (including phenoxy) is 2. The zero-order chi connectivity index (χ0) is 19.9. The largest absolute Gasteiger partial charge is 0.383 e. The van der Waals surface area contributed by atoms with Gasteiger partial charge in [0.05, 0.1) is 13.2 Å². The maximum atomic E-state index is 12.1. The minimum Gasteiger partial charge on any atom is -0.383 e. The van der Waals surface area contributed by atoms with Gasteiger partial charge in [-0.05, 0) is 69.4 Å². The van der Waals surface area contributed by atoms with E-state index in [4.69, 9.17) is 9.47 Å². The first kappa shape index (κ1) is 18.8. The van der Waals surface area contributed by atoms with E-state index >= 15 is 0 Å². The summed E-state index contributed by atoms with van der Waals surface area (Å²) < 4.78 is 12.0. The number of hydrogen-bond donors (Lipinski definition) is 1. The molecule has 0 amide bonds. The first-order chi connectivity index (χ1) is 13.2. The Kier molecular flexibility index (Phi) is 3.81. The van der Waals surface area contributed by atoms with Gasteiger partial charge in [-0.2, -0.15) is 0 Å². The van der Waals surface area contributed by atoms with Crippen molar-refractivity contribution in [2.45, 2.75) is 64.8 Å². The predicted molar refractivity (Wildman–Crippen MR) is 106 cm³/mol. The molecule has 0 aromatic carbocycles. The van der Waals surface area contributed by atoms with Crippen molar-refractivity contribution in [3.05, 3.63) is 35.5 Å². The monoisotopic (exact) mass is 384 g/mol. The molecular weight excluding hydrogens is 352 g/mol. The van der Waals surface area contributed by atoms with Gasteiger partial charge in [-0.1, -0.05) is 37.1 Å². The van der Waals surface area contributed by atoms with Crippen LogP contribution in [0, 0.1) is 28.6 Å². The Hall–Kier alpha value is -1.23. The van der Waals surface area contributed by atoms with E-state index in [9.17, 15) is 9.90 Å². The summed E-state index contributed by atoms with van der Waals surface area (Å²) in [5.41, 5.74) is 1.25. The highest BCUT2D eigenvalue weighted by atomic mass is 16.7. The fourth-order valence-corrected chi connectivity index (χ4v) is 7.57. The quantitative estimate of drug-likeness (QED) is 0.696. The molecule has 1 saturated heterocycles. The lowest BCUT2D eigenvalue weighted by atomic mass is 9.51. The van der Waals surface area contributed by atoms with E-state index in [2.05, 4.69) is 32.9 Å². The van der Waals surface area contributed by atoms with Crippen LogP contribution >= 0.6 is 0 Å². The van der Waals surface area contributed by atoms with E-state index in [0.717, 1.165) is 25.7 Å². The van der Waals surface area contributed by atoms with Crippen molar-refractivity contribution in [1.29, 1.82) is 0 Å². The molecule has 152 valence electrons. The highest BCUT2D eigenvalue weighted by Gasteiger charge is 2.72. The summed E-state index contributed by atoms with van der Waals surface area (Å²) in [6, 6.07) is 0. The van der Waals surface area contributed by atoms with Crippen molar-refractivity contribution in [2.24, 2.45) is 28.6 Å². The summed E-state index contributed by atoms with van der Waals surface area (Å²) in [6.45, 7) is 9.69. The lowest BCUT2D eigenvalue weighted by molar-refractivity contribution is -0.305. The normalized spacial score (nSPS) is 49.2. The first-order valence-corrected chi connectivity index (χ1v) is 10.8. The molecule has 0 spiro atoms. The van der Waals surface area contributed by atoms with Gasteiger partial charge in [-0.15, -0.1) is 0 Å². The van der Waals surface area contributed by atoms with Gasteiger partial charge in [0.1, 0.15) is 5.60 Å². The Labute approximate surface area is 167 Å². The molecule has 5 aliphatic rings. The number of hydrogen-bond acceptors (Lipinski definition) is 4. The maximum Gasteiger partial charge on any atom is 0.195 e. The molecule has 0 unspecified atom stereocenters. The topological polar surface area (TPSA) is 55.8 Å². The molecule has 2 saturated carbocycles. The molecule has 0 bridgehead atoms. The van der Waals surface area contributed by atoms with E-state index < -0.39 is 11.4 Å². The van der Waals surface area contributed by atoms with Crippen LogP contribution in [0.3, 0.4) is 0 Å². The molecule has 4 nitrogen and oxygen atoms in total. The third kappa shape index (κ3) is 2.04. The Bertz CT molecular complexity index is 816. The Morgan fingerprint density at radius 3 is 2.61 bits per heavy atom. The summed E-state index contributed by atoms with van der Waals surface area (Å²) in [5.74, 6) is 0.0926. The van der Waals surface area contributed by atoms with Gasteiger partial charge >= 0.3 is 0 Å². The third-order valence-electron chi connectivity index (χ3n) is 9.06. The number of fused-ring (bicyclic) bond motifs is 5. The lowest BCUT2D eigenvalue weighted by Gasteiger charge is -2.56. The number of carbonyl (C=O) groups excluding carboxylic acids is 1. The Balaban J connectivity index is 1.59. The molecule has 1 heterocycles. The van der Waals surface area contributed by atoms with Crippen LogP contribution in [0.25, 0.3) is 0 Å². The van der Waals surface area contributed by atoms with Crippen molar-refractivity contribution in [3.8, 4) is 0 Å². The van der Waals surface area contributed by atoms with Crippen LogP contribution in [-0.2, 0) is 14.3 Å². The second-order valence-corrected chi connectivity index (χ2v) is 10.2. The average Bonchev–Trinajstić information content (AvgIpc) is 3.19. The van der Waals surface area contributed by atoms with Gasteiger partial charge in [0.25, 0.3) is 0 Å². The van der Waals surface area contributed by atoms with Crippen LogP contribution < -0.4 is 0 Å². The molecule has 0 aromatic heterocycles. The van der Waals surface area contributed by atoms with Gasteiger partial charge in [0.15, 0.2) is 11.6 Å². The summed E-state index contributed by atoms with van der Waals surface area (Å²) in [4.78, 5) is 11.9. The number of ketones is 1. The van der Waals surface area contributed by atoms with Crippen LogP contribution in [0.15, 0.2) is 35.5 Å². The summed E-state index contributed by atoms with van der Waals surface area (Å²) in [7, 11) is 0. The first-order valence-electron chi connectivity index (χ1n) is 10.8. The Morgan fingerprint density at radius 2 is 1.89 bits per heavy atom. The average molecular weight is 385 g/mol. The molecule has 0 radical (unpaired) electrons. The van der Waals surface area contributed by atoms with Gasteiger partial charge in [0, 0.05) is 10.8 Å². The van der Waals surface area contributed by atoms with Crippen LogP contribution in [0.2, 0.25) is 0 Å². The minimum atomic E-state index is -1.02. The molecule has 0 aromatic rings. The number of allylic oxidation sites excluding steroid dienone is 6. The van der Waals surface area contributed by atoms with E-state index in [0.29, 0.717) is 25.0 Å². The fourth-order valence-electron chi connectivity index (χ4n) is 7.57. The van der Waals surface area contributed by atoms with E-state index in [1.165, 1.54) is 11.1 Å². The second-order valence-electron chi connectivity index (χ2n) is 10.2. The lowest BCUT2D eigenvalue weighted by Crippen LogP contribution is -2.64. The number of rotatable bonds is 1. The minimum absolute atomic E-state index is 0.103. The fraction of sp³-hybridized carbons (Fsp3) is 0.708. The molecular formula is C24H32O4. The zero-order valence-electron chi connectivity index (χ0n) is 17.5. The zero-order valence-corrected chi connectivity index (χ0v) is 17.5. The van der Waals surface area contributed by atoms with Crippen molar-refractivity contribution in [2.75, 3.05) is 13.2 Å². The van der Waals surface area contributed by atoms with Gasteiger partial charge in [-0.25, -0.2) is 0 Å². The number of aliphatic hydroxyl groups is 1.